The number of benzene rings is 3. The number of rotatable bonds is 10. The van der Waals surface area contributed by atoms with E-state index in [0.29, 0.717) is 33.8 Å². The van der Waals surface area contributed by atoms with E-state index in [9.17, 15) is 23.6 Å². The van der Waals surface area contributed by atoms with Crippen molar-refractivity contribution in [1.29, 1.82) is 0 Å². The van der Waals surface area contributed by atoms with E-state index in [4.69, 9.17) is 19.2 Å². The van der Waals surface area contributed by atoms with E-state index in [0.717, 1.165) is 0 Å². The highest BCUT2D eigenvalue weighted by Gasteiger charge is 2.35. The molecule has 0 bridgehead atoms. The topological polar surface area (TPSA) is 148 Å². The summed E-state index contributed by atoms with van der Waals surface area (Å²) in [5.41, 5.74) is 0.0486. The number of aromatic nitrogens is 2. The van der Waals surface area contributed by atoms with Gasteiger partial charge in [0.05, 0.1) is 49.9 Å². The molecule has 3 aromatic carbocycles. The van der Waals surface area contributed by atoms with Crippen LogP contribution in [0, 0.1) is 11.7 Å². The standard InChI is InChI=1S/C39H48FN7O7.2H2/c1-24(2)33(43-38(51)54-39(4,5)6)36(49)44-19-21-45(22-20-44)47-34(42-30-12-10-9-11-29(30)35(47)48)25(3)46(31-18-17-28(52-7)23-32(31)53-8)37(50)41-27-15-13-26(40)14-16-27;;/h9-18,23-25,33H,19-22H2,1-8H3,(H,41,50)(H,43,51);2*1H/t25?,33-;;/m0../s1. The second-order valence-electron chi connectivity index (χ2n) is 14.3. The Labute approximate surface area is 316 Å². The molecule has 54 heavy (non-hydrogen) atoms. The fraction of sp³-hybridized carbons (Fsp3) is 0.410. The molecule has 4 aromatic rings. The van der Waals surface area contributed by atoms with Gasteiger partial charge in [0.15, 0.2) is 5.82 Å². The summed E-state index contributed by atoms with van der Waals surface area (Å²) in [5.74, 6) is 0.124. The van der Waals surface area contributed by atoms with Crippen molar-refractivity contribution in [2.75, 3.05) is 55.6 Å². The summed E-state index contributed by atoms with van der Waals surface area (Å²) in [5, 5.41) is 7.75. The van der Waals surface area contributed by atoms with Crippen LogP contribution in [-0.4, -0.2) is 84.6 Å². The lowest BCUT2D eigenvalue weighted by Crippen LogP contribution is -2.60. The Morgan fingerprint density at radius 1 is 0.926 bits per heavy atom. The second-order valence-corrected chi connectivity index (χ2v) is 14.3. The van der Waals surface area contributed by atoms with E-state index in [1.807, 2.05) is 18.9 Å². The summed E-state index contributed by atoms with van der Waals surface area (Å²) in [4.78, 5) is 63.1. The predicted octanol–water partition coefficient (Wildman–Crippen LogP) is 6.17. The Morgan fingerprint density at radius 3 is 2.20 bits per heavy atom. The number of methoxy groups -OCH3 is 2. The molecule has 15 heteroatoms. The van der Waals surface area contributed by atoms with Gasteiger partial charge in [0, 0.05) is 27.7 Å². The Morgan fingerprint density at radius 2 is 1.59 bits per heavy atom. The number of amides is 4. The predicted molar refractivity (Wildman–Crippen MR) is 209 cm³/mol. The molecule has 0 saturated carbocycles. The van der Waals surface area contributed by atoms with Gasteiger partial charge in [-0.2, -0.15) is 0 Å². The van der Waals surface area contributed by atoms with Crippen LogP contribution in [0.4, 0.5) is 25.4 Å². The van der Waals surface area contributed by atoms with E-state index in [1.165, 1.54) is 48.1 Å². The first-order valence-corrected chi connectivity index (χ1v) is 17.7. The molecule has 1 saturated heterocycles. The van der Waals surface area contributed by atoms with Crippen LogP contribution in [0.3, 0.4) is 0 Å². The van der Waals surface area contributed by atoms with Crippen LogP contribution in [0.2, 0.25) is 0 Å². The number of halogens is 1. The summed E-state index contributed by atoms with van der Waals surface area (Å²) in [6, 6.07) is 15.0. The van der Waals surface area contributed by atoms with Gasteiger partial charge >= 0.3 is 12.1 Å². The van der Waals surface area contributed by atoms with Gasteiger partial charge in [0.2, 0.25) is 5.91 Å². The summed E-state index contributed by atoms with van der Waals surface area (Å²) in [6.45, 7) is 11.7. The third-order valence-electron chi connectivity index (χ3n) is 8.96. The molecule has 2 atom stereocenters. The average Bonchev–Trinajstić information content (AvgIpc) is 3.14. The van der Waals surface area contributed by atoms with Gasteiger partial charge < -0.3 is 34.8 Å². The fourth-order valence-corrected chi connectivity index (χ4v) is 6.26. The lowest BCUT2D eigenvalue weighted by Gasteiger charge is -2.40. The first-order valence-electron chi connectivity index (χ1n) is 17.7. The van der Waals surface area contributed by atoms with Crippen molar-refractivity contribution in [3.05, 3.63) is 88.7 Å². The van der Waals surface area contributed by atoms with Crippen LogP contribution in [0.5, 0.6) is 11.5 Å². The van der Waals surface area contributed by atoms with Gasteiger partial charge in [-0.15, -0.1) is 0 Å². The number of alkyl carbamates (subject to hydrolysis) is 1. The molecule has 1 fully saturated rings. The van der Waals surface area contributed by atoms with Gasteiger partial charge in [0.1, 0.15) is 29.0 Å². The number of nitrogens with one attached hydrogen (secondary N) is 2. The molecular weight excluding hydrogens is 697 g/mol. The van der Waals surface area contributed by atoms with Crippen molar-refractivity contribution in [2.24, 2.45) is 5.92 Å². The molecule has 2 heterocycles. The Kier molecular flexibility index (Phi) is 12.0. The highest BCUT2D eigenvalue weighted by Crippen LogP contribution is 2.37. The van der Waals surface area contributed by atoms with E-state index in [-0.39, 0.29) is 52.2 Å². The molecule has 292 valence electrons. The van der Waals surface area contributed by atoms with Crippen molar-refractivity contribution in [2.45, 2.75) is 59.2 Å². The molecule has 1 aliphatic heterocycles. The zero-order valence-electron chi connectivity index (χ0n) is 31.9. The molecule has 1 aliphatic rings. The summed E-state index contributed by atoms with van der Waals surface area (Å²) in [6.07, 6.45) is -0.679. The number of carbonyl (C=O) groups is 3. The van der Waals surface area contributed by atoms with Crippen LogP contribution in [0.15, 0.2) is 71.5 Å². The number of piperazine rings is 1. The third-order valence-corrected chi connectivity index (χ3v) is 8.96. The number of hydrogen-bond donors (Lipinski definition) is 2. The zero-order valence-corrected chi connectivity index (χ0v) is 31.9. The number of carbonyl (C=O) groups excluding carboxylic acids is 3. The molecule has 2 N–H and O–H groups in total. The van der Waals surface area contributed by atoms with Crippen molar-refractivity contribution < 1.29 is 35.8 Å². The summed E-state index contributed by atoms with van der Waals surface area (Å²) >= 11 is 0. The van der Waals surface area contributed by atoms with Crippen molar-refractivity contribution in [3.63, 3.8) is 0 Å². The molecule has 0 radical (unpaired) electrons. The van der Waals surface area contributed by atoms with Crippen LogP contribution in [-0.2, 0) is 9.53 Å². The summed E-state index contributed by atoms with van der Waals surface area (Å²) < 4.78 is 31.8. The molecule has 0 spiro atoms. The van der Waals surface area contributed by atoms with Gasteiger partial charge in [-0.3, -0.25) is 14.5 Å². The van der Waals surface area contributed by atoms with Crippen LogP contribution in [0.25, 0.3) is 10.9 Å². The van der Waals surface area contributed by atoms with Crippen LogP contribution >= 0.6 is 0 Å². The lowest BCUT2D eigenvalue weighted by atomic mass is 10.0. The van der Waals surface area contributed by atoms with Gasteiger partial charge in [-0.05, 0) is 82.1 Å². The smallest absolute Gasteiger partial charge is 0.408 e. The number of urea groups is 1. The molecule has 4 amide bonds. The normalized spacial score (nSPS) is 14.3. The maximum atomic E-state index is 14.4. The molecule has 1 aromatic heterocycles. The molecule has 0 aliphatic carbocycles. The minimum atomic E-state index is -0.895. The number of nitrogens with zero attached hydrogens (tertiary/aromatic N) is 5. The lowest BCUT2D eigenvalue weighted by molar-refractivity contribution is -0.135. The van der Waals surface area contributed by atoms with Gasteiger partial charge in [-0.25, -0.2) is 23.6 Å². The van der Waals surface area contributed by atoms with Crippen molar-refractivity contribution in [3.8, 4) is 11.5 Å². The highest BCUT2D eigenvalue weighted by molar-refractivity contribution is 6.03. The number of hydrogen-bond acceptors (Lipinski definition) is 9. The second kappa shape index (κ2) is 16.4. The first-order chi connectivity index (χ1) is 25.6. The average molecular weight is 750 g/mol. The SMILES string of the molecule is COc1ccc(N(C(=O)Nc2ccc(F)cc2)C(C)c2nc3ccccc3c(=O)n2N2CCN(C(=O)[C@@H](NC(=O)OC(C)(C)C)C(C)C)CC2)c(OC)c1.[HH].[HH]. The van der Waals surface area contributed by atoms with Crippen molar-refractivity contribution >= 4 is 40.3 Å². The number of anilines is 2. The highest BCUT2D eigenvalue weighted by atomic mass is 19.1. The molecule has 14 nitrogen and oxygen atoms in total. The zero-order chi connectivity index (χ0) is 39.3. The maximum absolute atomic E-state index is 14.4. The monoisotopic (exact) mass is 749 g/mol. The van der Waals surface area contributed by atoms with E-state index in [1.54, 1.807) is 75.1 Å². The Balaban J connectivity index is 0.00000420. The largest absolute Gasteiger partial charge is 0.497 e. The van der Waals surface area contributed by atoms with E-state index in [2.05, 4.69) is 10.6 Å². The number of fused-ring (bicyclic) bond motifs is 1. The summed E-state index contributed by atoms with van der Waals surface area (Å²) in [7, 11) is 2.98. The van der Waals surface area contributed by atoms with E-state index >= 15 is 0 Å². The quantitative estimate of drug-likeness (QED) is 0.194. The number of ether oxygens (including phenoxy) is 3. The van der Waals surface area contributed by atoms with E-state index < -0.39 is 35.6 Å². The first kappa shape index (κ1) is 39.3. The number of para-hydroxylation sites is 1. The minimum absolute atomic E-state index is 0. The Hall–Kier alpha value is -5.86. The van der Waals surface area contributed by atoms with Gasteiger partial charge in [0.25, 0.3) is 5.56 Å². The third kappa shape index (κ3) is 8.84. The Bertz CT molecular complexity index is 2050. The molecular formula is C39H52FN7O7. The fourth-order valence-electron chi connectivity index (χ4n) is 6.26. The maximum Gasteiger partial charge on any atom is 0.408 e. The van der Waals surface area contributed by atoms with Gasteiger partial charge in [-0.1, -0.05) is 26.0 Å². The van der Waals surface area contributed by atoms with Crippen molar-refractivity contribution in [1.82, 2.24) is 19.9 Å². The molecule has 1 unspecified atom stereocenters. The minimum Gasteiger partial charge on any atom is -0.497 e. The van der Waals surface area contributed by atoms with Crippen LogP contribution < -0.4 is 35.6 Å². The molecule has 5 rings (SSSR count). The van der Waals surface area contributed by atoms with Crippen LogP contribution in [0.1, 0.15) is 56.3 Å².